The molecule has 1 amide bonds. The first-order valence-electron chi connectivity index (χ1n) is 8.54. The van der Waals surface area contributed by atoms with Gasteiger partial charge in [0.25, 0.3) is 11.6 Å². The number of benzene rings is 2. The van der Waals surface area contributed by atoms with Crippen LogP contribution >= 0.6 is 0 Å². The van der Waals surface area contributed by atoms with Gasteiger partial charge in [0.1, 0.15) is 0 Å². The van der Waals surface area contributed by atoms with E-state index in [9.17, 15) is 14.9 Å². The van der Waals surface area contributed by atoms with E-state index < -0.39 is 4.92 Å². The van der Waals surface area contributed by atoms with Gasteiger partial charge in [-0.3, -0.25) is 14.9 Å². The van der Waals surface area contributed by atoms with Crippen molar-refractivity contribution >= 4 is 23.0 Å². The minimum Gasteiger partial charge on any atom is -0.369 e. The van der Waals surface area contributed by atoms with Crippen LogP contribution in [0.5, 0.6) is 0 Å². The number of carbonyl (C=O) groups is 1. The highest BCUT2D eigenvalue weighted by Crippen LogP contribution is 2.24. The van der Waals surface area contributed by atoms with Crippen molar-refractivity contribution in [2.75, 3.05) is 43.4 Å². The van der Waals surface area contributed by atoms with E-state index in [1.165, 1.54) is 18.2 Å². The summed E-state index contributed by atoms with van der Waals surface area (Å²) in [5.74, 6) is -0.357. The van der Waals surface area contributed by atoms with E-state index in [1.807, 2.05) is 19.1 Å². The first-order valence-corrected chi connectivity index (χ1v) is 8.54. The van der Waals surface area contributed by atoms with Crippen molar-refractivity contribution in [1.82, 2.24) is 4.90 Å². The molecule has 0 atom stereocenters. The number of nitrogens with one attached hydrogen (secondary N) is 1. The van der Waals surface area contributed by atoms with Crippen molar-refractivity contribution in [2.24, 2.45) is 0 Å². The number of nitrogens with zero attached hydrogens (tertiary/aromatic N) is 3. The molecule has 7 nitrogen and oxygen atoms in total. The lowest BCUT2D eigenvalue weighted by atomic mass is 10.1. The van der Waals surface area contributed by atoms with Crippen molar-refractivity contribution in [2.45, 2.75) is 6.92 Å². The summed E-state index contributed by atoms with van der Waals surface area (Å²) in [5, 5.41) is 13.7. The molecule has 7 heteroatoms. The maximum absolute atomic E-state index is 12.4. The van der Waals surface area contributed by atoms with Gasteiger partial charge >= 0.3 is 0 Å². The van der Waals surface area contributed by atoms with Crippen LogP contribution in [-0.4, -0.2) is 49.0 Å². The summed E-state index contributed by atoms with van der Waals surface area (Å²) in [6.07, 6.45) is 0. The second-order valence-electron chi connectivity index (χ2n) is 6.55. The molecule has 26 heavy (non-hydrogen) atoms. The standard InChI is InChI=1S/C19H22N4O3/c1-14-12-16(22-10-8-21(2)9-11-22)6-7-18(14)20-19(24)15-4-3-5-17(13-15)23(25)26/h3-7,12-13H,8-11H2,1-2H3,(H,20,24). The molecule has 3 rings (SSSR count). The minimum absolute atomic E-state index is 0.0974. The smallest absolute Gasteiger partial charge is 0.270 e. The molecule has 1 fully saturated rings. The molecule has 1 saturated heterocycles. The number of piperazine rings is 1. The van der Waals surface area contributed by atoms with E-state index in [0.29, 0.717) is 5.69 Å². The predicted molar refractivity (Wildman–Crippen MR) is 102 cm³/mol. The lowest BCUT2D eigenvalue weighted by Crippen LogP contribution is -2.44. The van der Waals surface area contributed by atoms with Gasteiger partial charge in [-0.1, -0.05) is 6.07 Å². The van der Waals surface area contributed by atoms with Crippen molar-refractivity contribution < 1.29 is 9.72 Å². The topological polar surface area (TPSA) is 78.7 Å². The molecule has 1 heterocycles. The molecule has 0 saturated carbocycles. The minimum atomic E-state index is -0.507. The van der Waals surface area contributed by atoms with Crippen LogP contribution in [0.3, 0.4) is 0 Å². The summed E-state index contributed by atoms with van der Waals surface area (Å²) in [4.78, 5) is 27.4. The summed E-state index contributed by atoms with van der Waals surface area (Å²) in [5.41, 5.74) is 2.98. The Kier molecular flexibility index (Phi) is 5.18. The molecule has 0 bridgehead atoms. The molecule has 2 aromatic rings. The van der Waals surface area contributed by atoms with E-state index in [0.717, 1.165) is 37.4 Å². The summed E-state index contributed by atoms with van der Waals surface area (Å²) in [6, 6.07) is 11.7. The van der Waals surface area contributed by atoms with Gasteiger partial charge in [0.2, 0.25) is 0 Å². The zero-order chi connectivity index (χ0) is 18.7. The van der Waals surface area contributed by atoms with Crippen LogP contribution in [0.15, 0.2) is 42.5 Å². The number of rotatable bonds is 4. The first-order chi connectivity index (χ1) is 12.4. The number of aryl methyl sites for hydroxylation is 1. The normalized spacial score (nSPS) is 14.9. The Labute approximate surface area is 152 Å². The third-order valence-electron chi connectivity index (χ3n) is 4.65. The van der Waals surface area contributed by atoms with Gasteiger partial charge in [0.15, 0.2) is 0 Å². The summed E-state index contributed by atoms with van der Waals surface area (Å²) in [6.45, 7) is 5.97. The number of anilines is 2. The van der Waals surface area contributed by atoms with Crippen molar-refractivity contribution in [3.05, 3.63) is 63.7 Å². The number of non-ortho nitro benzene ring substituents is 1. The number of hydrogen-bond donors (Lipinski definition) is 1. The summed E-state index contributed by atoms with van der Waals surface area (Å²) in [7, 11) is 2.12. The second-order valence-corrected chi connectivity index (χ2v) is 6.55. The Morgan fingerprint density at radius 1 is 1.12 bits per heavy atom. The molecule has 1 N–H and O–H groups in total. The van der Waals surface area contributed by atoms with Gasteiger partial charge < -0.3 is 15.1 Å². The molecule has 0 aromatic heterocycles. The molecule has 2 aromatic carbocycles. The van der Waals surface area contributed by atoms with Gasteiger partial charge in [-0.25, -0.2) is 0 Å². The lowest BCUT2D eigenvalue weighted by Gasteiger charge is -2.34. The number of hydrogen-bond acceptors (Lipinski definition) is 5. The van der Waals surface area contributed by atoms with Crippen LogP contribution in [0.4, 0.5) is 17.1 Å². The molecular formula is C19H22N4O3. The van der Waals surface area contributed by atoms with E-state index in [2.05, 4.69) is 28.2 Å². The van der Waals surface area contributed by atoms with Crippen LogP contribution in [0.25, 0.3) is 0 Å². The van der Waals surface area contributed by atoms with E-state index in [1.54, 1.807) is 6.07 Å². The van der Waals surface area contributed by atoms with Crippen LogP contribution in [-0.2, 0) is 0 Å². The molecular weight excluding hydrogens is 332 g/mol. The predicted octanol–water partition coefficient (Wildman–Crippen LogP) is 2.91. The summed E-state index contributed by atoms with van der Waals surface area (Å²) < 4.78 is 0. The highest BCUT2D eigenvalue weighted by molar-refractivity contribution is 6.05. The largest absolute Gasteiger partial charge is 0.369 e. The van der Waals surface area contributed by atoms with Crippen molar-refractivity contribution in [1.29, 1.82) is 0 Å². The SMILES string of the molecule is Cc1cc(N2CCN(C)CC2)ccc1NC(=O)c1cccc([N+](=O)[O-])c1. The Morgan fingerprint density at radius 2 is 1.85 bits per heavy atom. The highest BCUT2D eigenvalue weighted by atomic mass is 16.6. The number of carbonyl (C=O) groups excluding carboxylic acids is 1. The van der Waals surface area contributed by atoms with E-state index in [-0.39, 0.29) is 17.2 Å². The third kappa shape index (κ3) is 4.00. The fraction of sp³-hybridized carbons (Fsp3) is 0.316. The van der Waals surface area contributed by atoms with Crippen molar-refractivity contribution in [3.8, 4) is 0 Å². The Hall–Kier alpha value is -2.93. The number of nitro groups is 1. The Balaban J connectivity index is 1.73. The number of likely N-dealkylation sites (N-methyl/N-ethyl adjacent to an activating group) is 1. The monoisotopic (exact) mass is 354 g/mol. The molecule has 0 radical (unpaired) electrons. The van der Waals surface area contributed by atoms with Gasteiger partial charge in [-0.15, -0.1) is 0 Å². The average Bonchev–Trinajstić information content (AvgIpc) is 2.64. The van der Waals surface area contributed by atoms with E-state index >= 15 is 0 Å². The van der Waals surface area contributed by atoms with Crippen LogP contribution < -0.4 is 10.2 Å². The van der Waals surface area contributed by atoms with Gasteiger partial charge in [-0.2, -0.15) is 0 Å². The number of nitro benzene ring substituents is 1. The average molecular weight is 354 g/mol. The number of amides is 1. The highest BCUT2D eigenvalue weighted by Gasteiger charge is 2.16. The van der Waals surface area contributed by atoms with Crippen molar-refractivity contribution in [3.63, 3.8) is 0 Å². The molecule has 1 aliphatic rings. The second kappa shape index (κ2) is 7.53. The zero-order valence-electron chi connectivity index (χ0n) is 14.9. The molecule has 136 valence electrons. The van der Waals surface area contributed by atoms with Gasteiger partial charge in [-0.05, 0) is 43.8 Å². The zero-order valence-corrected chi connectivity index (χ0v) is 14.9. The first kappa shape index (κ1) is 17.9. The molecule has 0 unspecified atom stereocenters. The fourth-order valence-corrected chi connectivity index (χ4v) is 3.00. The van der Waals surface area contributed by atoms with Gasteiger partial charge in [0.05, 0.1) is 4.92 Å². The fourth-order valence-electron chi connectivity index (χ4n) is 3.00. The third-order valence-corrected chi connectivity index (χ3v) is 4.65. The Morgan fingerprint density at radius 3 is 2.50 bits per heavy atom. The van der Waals surface area contributed by atoms with Crippen LogP contribution in [0.1, 0.15) is 15.9 Å². The van der Waals surface area contributed by atoms with E-state index in [4.69, 9.17) is 0 Å². The van der Waals surface area contributed by atoms with Crippen LogP contribution in [0.2, 0.25) is 0 Å². The maximum Gasteiger partial charge on any atom is 0.270 e. The maximum atomic E-state index is 12.4. The molecule has 1 aliphatic heterocycles. The molecule has 0 aliphatic carbocycles. The van der Waals surface area contributed by atoms with Crippen LogP contribution in [0, 0.1) is 17.0 Å². The lowest BCUT2D eigenvalue weighted by molar-refractivity contribution is -0.384. The molecule has 0 spiro atoms. The Bertz CT molecular complexity index is 829. The summed E-state index contributed by atoms with van der Waals surface area (Å²) >= 11 is 0. The van der Waals surface area contributed by atoms with Gasteiger partial charge in [0, 0.05) is 55.2 Å². The quantitative estimate of drug-likeness (QED) is 0.675.